The van der Waals surface area contributed by atoms with Gasteiger partial charge in [-0.15, -0.1) is 0 Å². The molecule has 0 radical (unpaired) electrons. The third-order valence-corrected chi connectivity index (χ3v) is 4.21. The first-order valence-electron chi connectivity index (χ1n) is 8.45. The molecule has 0 spiro atoms. The molecule has 1 atom stereocenters. The van der Waals surface area contributed by atoms with Gasteiger partial charge >= 0.3 is 0 Å². The fourth-order valence-electron chi connectivity index (χ4n) is 2.74. The number of hydrogen-bond acceptors (Lipinski definition) is 4. The summed E-state index contributed by atoms with van der Waals surface area (Å²) in [7, 11) is 0. The number of carbonyl (C=O) groups is 1. The molecule has 1 fully saturated rings. The molecule has 1 saturated heterocycles. The van der Waals surface area contributed by atoms with Gasteiger partial charge < -0.3 is 20.5 Å². The van der Waals surface area contributed by atoms with Gasteiger partial charge in [-0.3, -0.25) is 4.79 Å². The van der Waals surface area contributed by atoms with Crippen LogP contribution in [-0.4, -0.2) is 31.8 Å². The maximum atomic E-state index is 12.3. The van der Waals surface area contributed by atoms with E-state index < -0.39 is 6.04 Å². The van der Waals surface area contributed by atoms with Crippen molar-refractivity contribution in [1.82, 2.24) is 5.32 Å². The molecule has 5 heteroatoms. The first-order valence-corrected chi connectivity index (χ1v) is 8.45. The summed E-state index contributed by atoms with van der Waals surface area (Å²) in [5, 5.41) is 2.95. The highest BCUT2D eigenvalue weighted by atomic mass is 16.5. The zero-order valence-electron chi connectivity index (χ0n) is 14.1. The van der Waals surface area contributed by atoms with E-state index in [0.717, 1.165) is 36.1 Å². The third-order valence-electron chi connectivity index (χ3n) is 4.21. The smallest absolute Gasteiger partial charge is 0.237 e. The summed E-state index contributed by atoms with van der Waals surface area (Å²) in [6.07, 6.45) is 2.66. The van der Waals surface area contributed by atoms with E-state index in [-0.39, 0.29) is 11.8 Å². The normalized spacial score (nSPS) is 16.8. The van der Waals surface area contributed by atoms with E-state index in [1.54, 1.807) is 0 Å². The largest absolute Gasteiger partial charge is 0.493 e. The van der Waals surface area contributed by atoms with Crippen LogP contribution in [-0.2, 0) is 16.1 Å². The topological polar surface area (TPSA) is 73.6 Å². The van der Waals surface area contributed by atoms with Gasteiger partial charge in [-0.05, 0) is 43.7 Å². The van der Waals surface area contributed by atoms with Crippen LogP contribution in [0.15, 0.2) is 18.2 Å². The molecule has 3 N–H and O–H groups in total. The van der Waals surface area contributed by atoms with Crippen molar-refractivity contribution in [3.63, 3.8) is 0 Å². The second kappa shape index (κ2) is 8.89. The van der Waals surface area contributed by atoms with Gasteiger partial charge in [0.2, 0.25) is 5.91 Å². The minimum atomic E-state index is -0.468. The number of amides is 1. The average molecular weight is 320 g/mol. The molecule has 1 heterocycles. The van der Waals surface area contributed by atoms with Crippen molar-refractivity contribution in [2.45, 2.75) is 45.7 Å². The molecule has 2 rings (SSSR count). The summed E-state index contributed by atoms with van der Waals surface area (Å²) in [4.78, 5) is 12.3. The van der Waals surface area contributed by atoms with Crippen LogP contribution in [0.4, 0.5) is 0 Å². The number of rotatable bonds is 7. The molecule has 1 unspecified atom stereocenters. The summed E-state index contributed by atoms with van der Waals surface area (Å²) in [6.45, 7) is 6.60. The van der Waals surface area contributed by atoms with Crippen molar-refractivity contribution >= 4 is 5.91 Å². The van der Waals surface area contributed by atoms with Crippen molar-refractivity contribution in [3.05, 3.63) is 29.3 Å². The molecule has 0 aliphatic carbocycles. The Hall–Kier alpha value is -1.59. The molecule has 1 aliphatic heterocycles. The zero-order chi connectivity index (χ0) is 16.7. The van der Waals surface area contributed by atoms with Gasteiger partial charge in [-0.2, -0.15) is 0 Å². The monoisotopic (exact) mass is 320 g/mol. The van der Waals surface area contributed by atoms with Crippen LogP contribution in [0.3, 0.4) is 0 Å². The van der Waals surface area contributed by atoms with Crippen LogP contribution in [0.1, 0.15) is 37.3 Å². The van der Waals surface area contributed by atoms with Crippen molar-refractivity contribution in [3.8, 4) is 5.75 Å². The maximum Gasteiger partial charge on any atom is 0.237 e. The molecule has 0 bridgehead atoms. The number of ether oxygens (including phenoxy) is 2. The van der Waals surface area contributed by atoms with Crippen LogP contribution >= 0.6 is 0 Å². The standard InChI is InChI=1S/C18H28N2O3/c1-3-8-23-16-11-13(2)4-5-15(16)12-20-18(21)17(19)14-6-9-22-10-7-14/h4-5,11,14,17H,3,6-10,12,19H2,1-2H3,(H,20,21). The Balaban J connectivity index is 1.92. The summed E-state index contributed by atoms with van der Waals surface area (Å²) >= 11 is 0. The summed E-state index contributed by atoms with van der Waals surface area (Å²) < 4.78 is 11.1. The summed E-state index contributed by atoms with van der Waals surface area (Å²) in [5.74, 6) is 0.947. The Morgan fingerprint density at radius 1 is 1.43 bits per heavy atom. The molecule has 1 amide bonds. The molecule has 23 heavy (non-hydrogen) atoms. The first kappa shape index (κ1) is 17.8. The van der Waals surface area contributed by atoms with Crippen LogP contribution in [0, 0.1) is 12.8 Å². The first-order chi connectivity index (χ1) is 11.1. The Kier molecular flexibility index (Phi) is 6.86. The predicted molar refractivity (Wildman–Crippen MR) is 90.3 cm³/mol. The van der Waals surface area contributed by atoms with Gasteiger partial charge in [0.15, 0.2) is 0 Å². The minimum absolute atomic E-state index is 0.0982. The van der Waals surface area contributed by atoms with E-state index in [2.05, 4.69) is 12.2 Å². The van der Waals surface area contributed by atoms with Crippen LogP contribution < -0.4 is 15.8 Å². The minimum Gasteiger partial charge on any atom is -0.493 e. The highest BCUT2D eigenvalue weighted by Crippen LogP contribution is 2.21. The molecule has 128 valence electrons. The number of carbonyl (C=O) groups excluding carboxylic acids is 1. The molecule has 0 aromatic heterocycles. The number of aryl methyl sites for hydroxylation is 1. The maximum absolute atomic E-state index is 12.3. The van der Waals surface area contributed by atoms with E-state index in [4.69, 9.17) is 15.2 Å². The number of nitrogens with two attached hydrogens (primary N) is 1. The Bertz CT molecular complexity index is 513. The molecule has 1 aliphatic rings. The predicted octanol–water partition coefficient (Wildman–Crippen LogP) is 2.15. The summed E-state index contributed by atoms with van der Waals surface area (Å²) in [5.41, 5.74) is 8.23. The van der Waals surface area contributed by atoms with Crippen LogP contribution in [0.2, 0.25) is 0 Å². The Labute approximate surface area is 138 Å². The van der Waals surface area contributed by atoms with E-state index in [1.165, 1.54) is 0 Å². The SMILES string of the molecule is CCCOc1cc(C)ccc1CNC(=O)C(N)C1CCOCC1. The fraction of sp³-hybridized carbons (Fsp3) is 0.611. The molecule has 1 aromatic carbocycles. The van der Waals surface area contributed by atoms with E-state index in [0.29, 0.717) is 26.4 Å². The Morgan fingerprint density at radius 3 is 2.87 bits per heavy atom. The Morgan fingerprint density at radius 2 is 2.17 bits per heavy atom. The molecule has 1 aromatic rings. The number of nitrogens with one attached hydrogen (secondary N) is 1. The average Bonchev–Trinajstić information content (AvgIpc) is 2.58. The second-order valence-corrected chi connectivity index (χ2v) is 6.15. The van der Waals surface area contributed by atoms with Crippen molar-refractivity contribution in [2.24, 2.45) is 11.7 Å². The quantitative estimate of drug-likeness (QED) is 0.807. The molecule has 5 nitrogen and oxygen atoms in total. The lowest BCUT2D eigenvalue weighted by molar-refractivity contribution is -0.124. The lowest BCUT2D eigenvalue weighted by Crippen LogP contribution is -2.46. The van der Waals surface area contributed by atoms with Gasteiger partial charge in [-0.1, -0.05) is 19.1 Å². The van der Waals surface area contributed by atoms with Gasteiger partial charge in [0.05, 0.1) is 12.6 Å². The van der Waals surface area contributed by atoms with Gasteiger partial charge in [0, 0.05) is 25.3 Å². The highest BCUT2D eigenvalue weighted by Gasteiger charge is 2.26. The summed E-state index contributed by atoms with van der Waals surface area (Å²) in [6, 6.07) is 5.57. The highest BCUT2D eigenvalue weighted by molar-refractivity contribution is 5.81. The number of hydrogen-bond donors (Lipinski definition) is 2. The van der Waals surface area contributed by atoms with Gasteiger partial charge in [0.1, 0.15) is 5.75 Å². The van der Waals surface area contributed by atoms with Crippen molar-refractivity contribution in [1.29, 1.82) is 0 Å². The fourth-order valence-corrected chi connectivity index (χ4v) is 2.74. The van der Waals surface area contributed by atoms with Crippen LogP contribution in [0.25, 0.3) is 0 Å². The number of benzene rings is 1. The van der Waals surface area contributed by atoms with Gasteiger partial charge in [-0.25, -0.2) is 0 Å². The van der Waals surface area contributed by atoms with E-state index in [9.17, 15) is 4.79 Å². The molecular weight excluding hydrogens is 292 g/mol. The lowest BCUT2D eigenvalue weighted by Gasteiger charge is -2.26. The van der Waals surface area contributed by atoms with Gasteiger partial charge in [0.25, 0.3) is 0 Å². The van der Waals surface area contributed by atoms with E-state index in [1.807, 2.05) is 25.1 Å². The third kappa shape index (κ3) is 5.22. The van der Waals surface area contributed by atoms with E-state index >= 15 is 0 Å². The lowest BCUT2D eigenvalue weighted by atomic mass is 9.92. The second-order valence-electron chi connectivity index (χ2n) is 6.15. The molecular formula is C18H28N2O3. The van der Waals surface area contributed by atoms with Crippen molar-refractivity contribution < 1.29 is 14.3 Å². The molecule has 0 saturated carbocycles. The zero-order valence-corrected chi connectivity index (χ0v) is 14.1. The van der Waals surface area contributed by atoms with Crippen LogP contribution in [0.5, 0.6) is 5.75 Å². The van der Waals surface area contributed by atoms with Crippen molar-refractivity contribution in [2.75, 3.05) is 19.8 Å².